The Labute approximate surface area is 112 Å². The Hall–Kier alpha value is -2.10. The molecule has 19 heavy (non-hydrogen) atoms. The highest BCUT2D eigenvalue weighted by Crippen LogP contribution is 2.32. The van der Waals surface area contributed by atoms with Gasteiger partial charge in [0.05, 0.1) is 0 Å². The molecular formula is C15H18N2O2. The molecule has 0 spiro atoms. The van der Waals surface area contributed by atoms with Crippen LogP contribution in [0, 0.1) is 5.92 Å². The van der Waals surface area contributed by atoms with Crippen LogP contribution >= 0.6 is 0 Å². The SMILES string of the molecule is C=CC(=O)Nc1ccc(C(=O)N[C@H](C)C2CC2)cc1. The van der Waals surface area contributed by atoms with Crippen LogP contribution in [0.5, 0.6) is 0 Å². The van der Waals surface area contributed by atoms with Crippen LogP contribution in [0.4, 0.5) is 5.69 Å². The Balaban J connectivity index is 1.94. The number of rotatable bonds is 5. The van der Waals surface area contributed by atoms with Gasteiger partial charge in [-0.05, 0) is 56.0 Å². The average molecular weight is 258 g/mol. The first kappa shape index (κ1) is 13.3. The van der Waals surface area contributed by atoms with Crippen LogP contribution in [0.3, 0.4) is 0 Å². The van der Waals surface area contributed by atoms with E-state index in [2.05, 4.69) is 17.2 Å². The fourth-order valence-electron chi connectivity index (χ4n) is 1.90. The van der Waals surface area contributed by atoms with Gasteiger partial charge < -0.3 is 10.6 Å². The van der Waals surface area contributed by atoms with E-state index in [-0.39, 0.29) is 17.9 Å². The summed E-state index contributed by atoms with van der Waals surface area (Å²) in [6, 6.07) is 7.05. The molecule has 0 unspecified atom stereocenters. The van der Waals surface area contributed by atoms with Gasteiger partial charge in [-0.25, -0.2) is 0 Å². The average Bonchev–Trinajstić information content (AvgIpc) is 3.23. The number of carbonyl (C=O) groups excluding carboxylic acids is 2. The first-order valence-corrected chi connectivity index (χ1v) is 6.44. The maximum Gasteiger partial charge on any atom is 0.251 e. The third-order valence-electron chi connectivity index (χ3n) is 3.29. The van der Waals surface area contributed by atoms with Crippen molar-refractivity contribution in [3.05, 3.63) is 42.5 Å². The molecule has 0 bridgehead atoms. The molecule has 2 amide bonds. The Morgan fingerprint density at radius 1 is 1.32 bits per heavy atom. The van der Waals surface area contributed by atoms with Crippen LogP contribution in [0.15, 0.2) is 36.9 Å². The normalized spacial score (nSPS) is 15.4. The lowest BCUT2D eigenvalue weighted by Gasteiger charge is -2.12. The van der Waals surface area contributed by atoms with Gasteiger partial charge in [0, 0.05) is 17.3 Å². The lowest BCUT2D eigenvalue weighted by atomic mass is 10.1. The molecule has 4 nitrogen and oxygen atoms in total. The van der Waals surface area contributed by atoms with E-state index < -0.39 is 0 Å². The van der Waals surface area contributed by atoms with Crippen LogP contribution < -0.4 is 10.6 Å². The van der Waals surface area contributed by atoms with Gasteiger partial charge in [0.1, 0.15) is 0 Å². The van der Waals surface area contributed by atoms with E-state index in [4.69, 9.17) is 0 Å². The molecule has 1 aromatic carbocycles. The van der Waals surface area contributed by atoms with Crippen molar-refractivity contribution in [3.8, 4) is 0 Å². The van der Waals surface area contributed by atoms with Gasteiger partial charge >= 0.3 is 0 Å². The Morgan fingerprint density at radius 2 is 1.95 bits per heavy atom. The summed E-state index contributed by atoms with van der Waals surface area (Å²) in [6.07, 6.45) is 3.61. The van der Waals surface area contributed by atoms with Crippen molar-refractivity contribution in [1.29, 1.82) is 0 Å². The summed E-state index contributed by atoms with van der Waals surface area (Å²) in [7, 11) is 0. The topological polar surface area (TPSA) is 58.2 Å². The zero-order chi connectivity index (χ0) is 13.8. The van der Waals surface area contributed by atoms with Crippen molar-refractivity contribution in [2.24, 2.45) is 5.92 Å². The number of anilines is 1. The molecule has 1 aliphatic rings. The number of nitrogens with one attached hydrogen (secondary N) is 2. The van der Waals surface area contributed by atoms with E-state index in [0.29, 0.717) is 17.2 Å². The minimum Gasteiger partial charge on any atom is -0.349 e. The van der Waals surface area contributed by atoms with Gasteiger partial charge in [0.25, 0.3) is 5.91 Å². The highest BCUT2D eigenvalue weighted by atomic mass is 16.2. The van der Waals surface area contributed by atoms with E-state index in [1.807, 2.05) is 6.92 Å². The molecule has 0 heterocycles. The summed E-state index contributed by atoms with van der Waals surface area (Å²) in [5.74, 6) is 0.302. The largest absolute Gasteiger partial charge is 0.349 e. The van der Waals surface area contributed by atoms with Gasteiger partial charge in [0.2, 0.25) is 5.91 Å². The number of hydrogen-bond donors (Lipinski definition) is 2. The van der Waals surface area contributed by atoms with E-state index in [9.17, 15) is 9.59 Å². The highest BCUT2D eigenvalue weighted by Gasteiger charge is 2.28. The maximum absolute atomic E-state index is 12.0. The molecule has 1 saturated carbocycles. The van der Waals surface area contributed by atoms with Crippen molar-refractivity contribution in [3.63, 3.8) is 0 Å². The zero-order valence-corrected chi connectivity index (χ0v) is 11.0. The molecule has 0 aliphatic heterocycles. The van der Waals surface area contributed by atoms with Crippen LogP contribution in [-0.2, 0) is 4.79 Å². The van der Waals surface area contributed by atoms with Crippen molar-refractivity contribution in [2.45, 2.75) is 25.8 Å². The van der Waals surface area contributed by atoms with Crippen LogP contribution in [0.1, 0.15) is 30.1 Å². The predicted octanol–water partition coefficient (Wildman–Crippen LogP) is 2.34. The zero-order valence-electron chi connectivity index (χ0n) is 11.0. The van der Waals surface area contributed by atoms with E-state index in [1.165, 1.54) is 18.9 Å². The molecule has 4 heteroatoms. The molecule has 0 radical (unpaired) electrons. The van der Waals surface area contributed by atoms with Gasteiger partial charge in [-0.3, -0.25) is 9.59 Å². The van der Waals surface area contributed by atoms with Crippen molar-refractivity contribution in [1.82, 2.24) is 5.32 Å². The van der Waals surface area contributed by atoms with E-state index in [0.717, 1.165) is 0 Å². The Morgan fingerprint density at radius 3 is 2.47 bits per heavy atom. The van der Waals surface area contributed by atoms with Crippen LogP contribution in [0.2, 0.25) is 0 Å². The van der Waals surface area contributed by atoms with Gasteiger partial charge in [-0.15, -0.1) is 0 Å². The second-order valence-corrected chi connectivity index (χ2v) is 4.87. The summed E-state index contributed by atoms with van der Waals surface area (Å²) in [4.78, 5) is 23.1. The quantitative estimate of drug-likeness (QED) is 0.796. The van der Waals surface area contributed by atoms with Crippen LogP contribution in [0.25, 0.3) is 0 Å². The number of benzene rings is 1. The number of amides is 2. The fourth-order valence-corrected chi connectivity index (χ4v) is 1.90. The second kappa shape index (κ2) is 5.69. The number of hydrogen-bond acceptors (Lipinski definition) is 2. The highest BCUT2D eigenvalue weighted by molar-refractivity contribution is 5.99. The summed E-state index contributed by atoms with van der Waals surface area (Å²) in [5.41, 5.74) is 1.25. The fraction of sp³-hybridized carbons (Fsp3) is 0.333. The minimum absolute atomic E-state index is 0.0685. The Kier molecular flexibility index (Phi) is 4.00. The summed E-state index contributed by atoms with van der Waals surface area (Å²) < 4.78 is 0. The lowest BCUT2D eigenvalue weighted by Crippen LogP contribution is -2.33. The van der Waals surface area contributed by atoms with Gasteiger partial charge in [-0.2, -0.15) is 0 Å². The van der Waals surface area contributed by atoms with Crippen molar-refractivity contribution in [2.75, 3.05) is 5.32 Å². The second-order valence-electron chi connectivity index (χ2n) is 4.87. The first-order chi connectivity index (χ1) is 9.10. The third kappa shape index (κ3) is 3.68. The number of carbonyl (C=O) groups is 2. The summed E-state index contributed by atoms with van der Waals surface area (Å²) >= 11 is 0. The standard InChI is InChI=1S/C15H18N2O2/c1-3-14(18)17-13-8-6-12(7-9-13)15(19)16-10(2)11-4-5-11/h3,6-11H,1,4-5H2,2H3,(H,16,19)(H,17,18)/t10-/m1/s1. The molecule has 1 aromatic rings. The molecule has 2 rings (SSSR count). The van der Waals surface area contributed by atoms with Crippen molar-refractivity contribution < 1.29 is 9.59 Å². The van der Waals surface area contributed by atoms with Crippen LogP contribution in [-0.4, -0.2) is 17.9 Å². The lowest BCUT2D eigenvalue weighted by molar-refractivity contribution is -0.111. The minimum atomic E-state index is -0.264. The third-order valence-corrected chi connectivity index (χ3v) is 3.29. The molecule has 0 saturated heterocycles. The van der Waals surface area contributed by atoms with Gasteiger partial charge in [0.15, 0.2) is 0 Å². The molecule has 100 valence electrons. The molecule has 1 atom stereocenters. The first-order valence-electron chi connectivity index (χ1n) is 6.44. The monoisotopic (exact) mass is 258 g/mol. The van der Waals surface area contributed by atoms with Gasteiger partial charge in [-0.1, -0.05) is 6.58 Å². The molecule has 2 N–H and O–H groups in total. The molecular weight excluding hydrogens is 240 g/mol. The Bertz CT molecular complexity index is 489. The van der Waals surface area contributed by atoms with E-state index >= 15 is 0 Å². The summed E-state index contributed by atoms with van der Waals surface area (Å²) in [6.45, 7) is 5.42. The molecule has 1 fully saturated rings. The maximum atomic E-state index is 12.0. The molecule has 1 aliphatic carbocycles. The van der Waals surface area contributed by atoms with E-state index in [1.54, 1.807) is 24.3 Å². The smallest absolute Gasteiger partial charge is 0.251 e. The van der Waals surface area contributed by atoms with Crippen molar-refractivity contribution >= 4 is 17.5 Å². The summed E-state index contributed by atoms with van der Waals surface area (Å²) in [5, 5.41) is 5.63. The molecule has 0 aromatic heterocycles. The predicted molar refractivity (Wildman–Crippen MR) is 74.9 cm³/mol.